The lowest BCUT2D eigenvalue weighted by Gasteiger charge is -2.16. The van der Waals surface area contributed by atoms with E-state index in [4.69, 9.17) is 0 Å². The molecule has 10 rings (SSSR count). The van der Waals surface area contributed by atoms with Crippen LogP contribution in [0.2, 0.25) is 0 Å². The van der Waals surface area contributed by atoms with E-state index in [-0.39, 0.29) is 0 Å². The van der Waals surface area contributed by atoms with Crippen molar-refractivity contribution >= 4 is 43.6 Å². The minimum atomic E-state index is 1.15. The van der Waals surface area contributed by atoms with Crippen LogP contribution in [0.4, 0.5) is 0 Å². The average Bonchev–Trinajstić information content (AvgIpc) is 3.70. The van der Waals surface area contributed by atoms with Gasteiger partial charge in [-0.3, -0.25) is 0 Å². The molecule has 2 aromatic heterocycles. The van der Waals surface area contributed by atoms with E-state index in [1.807, 2.05) is 0 Å². The van der Waals surface area contributed by atoms with Crippen molar-refractivity contribution in [3.05, 3.63) is 194 Å². The molecule has 0 bridgehead atoms. The fourth-order valence-electron chi connectivity index (χ4n) is 7.79. The third-order valence-corrected chi connectivity index (χ3v) is 10.1. The van der Waals surface area contributed by atoms with Crippen molar-refractivity contribution in [1.29, 1.82) is 0 Å². The topological polar surface area (TPSA) is 9.86 Å². The lowest BCUT2D eigenvalue weighted by Crippen LogP contribution is -1.99. The number of aromatic nitrogens is 2. The van der Waals surface area contributed by atoms with Gasteiger partial charge in [0.1, 0.15) is 0 Å². The average molecular weight is 637 g/mol. The molecule has 2 heterocycles. The molecule has 234 valence electrons. The van der Waals surface area contributed by atoms with E-state index in [1.165, 1.54) is 77.0 Å². The number of nitrogens with zero attached hydrogens (tertiary/aromatic N) is 2. The zero-order chi connectivity index (χ0) is 33.0. The Morgan fingerprint density at radius 2 is 0.720 bits per heavy atom. The van der Waals surface area contributed by atoms with E-state index in [1.54, 1.807) is 0 Å². The number of benzene rings is 8. The van der Waals surface area contributed by atoms with Gasteiger partial charge in [0.05, 0.1) is 27.8 Å². The molecule has 0 amide bonds. The predicted octanol–water partition coefficient (Wildman–Crippen LogP) is 12.9. The molecule has 0 saturated carbocycles. The van der Waals surface area contributed by atoms with Crippen LogP contribution >= 0.6 is 0 Å². The molecule has 2 nitrogen and oxygen atoms in total. The Kier molecular flexibility index (Phi) is 6.53. The van der Waals surface area contributed by atoms with Crippen LogP contribution in [0.15, 0.2) is 194 Å². The molecule has 0 aliphatic rings. The van der Waals surface area contributed by atoms with E-state index in [0.717, 1.165) is 11.4 Å². The van der Waals surface area contributed by atoms with Crippen molar-refractivity contribution < 1.29 is 0 Å². The van der Waals surface area contributed by atoms with Crippen molar-refractivity contribution in [1.82, 2.24) is 9.13 Å². The molecule has 2 heteroatoms. The van der Waals surface area contributed by atoms with Gasteiger partial charge in [0.15, 0.2) is 0 Å². The van der Waals surface area contributed by atoms with E-state index >= 15 is 0 Å². The predicted molar refractivity (Wildman–Crippen MR) is 211 cm³/mol. The summed E-state index contributed by atoms with van der Waals surface area (Å²) in [4.78, 5) is 0. The molecule has 10 aromatic rings. The van der Waals surface area contributed by atoms with Gasteiger partial charge in [-0.05, 0) is 76.3 Å². The smallest absolute Gasteiger partial charge is 0.0562 e. The fourth-order valence-corrected chi connectivity index (χ4v) is 7.79. The molecule has 0 fully saturated rings. The quantitative estimate of drug-likeness (QED) is 0.178. The molecule has 0 aliphatic heterocycles. The van der Waals surface area contributed by atoms with Gasteiger partial charge in [-0.2, -0.15) is 0 Å². The Balaban J connectivity index is 1.26. The van der Waals surface area contributed by atoms with Crippen LogP contribution in [0.5, 0.6) is 0 Å². The summed E-state index contributed by atoms with van der Waals surface area (Å²) >= 11 is 0. The normalized spacial score (nSPS) is 11.6. The van der Waals surface area contributed by atoms with E-state index in [9.17, 15) is 0 Å². The monoisotopic (exact) mass is 636 g/mol. The molecular weight excluding hydrogens is 605 g/mol. The van der Waals surface area contributed by atoms with Crippen LogP contribution < -0.4 is 0 Å². The largest absolute Gasteiger partial charge is 0.309 e. The van der Waals surface area contributed by atoms with Crippen molar-refractivity contribution in [2.75, 3.05) is 0 Å². The van der Waals surface area contributed by atoms with Gasteiger partial charge in [-0.15, -0.1) is 0 Å². The Hall–Kier alpha value is -6.64. The van der Waals surface area contributed by atoms with E-state index < -0.39 is 0 Å². The highest BCUT2D eigenvalue weighted by molar-refractivity contribution is 6.19. The van der Waals surface area contributed by atoms with Gasteiger partial charge in [-0.25, -0.2) is 0 Å². The summed E-state index contributed by atoms with van der Waals surface area (Å²) in [5, 5.41) is 5.01. The van der Waals surface area contributed by atoms with Crippen molar-refractivity contribution in [2.24, 2.45) is 0 Å². The highest BCUT2D eigenvalue weighted by Crippen LogP contribution is 2.42. The Morgan fingerprint density at radius 1 is 0.260 bits per heavy atom. The molecule has 0 atom stereocenters. The van der Waals surface area contributed by atoms with Crippen molar-refractivity contribution in [2.45, 2.75) is 0 Å². The van der Waals surface area contributed by atoms with Gasteiger partial charge in [0, 0.05) is 32.8 Å². The maximum atomic E-state index is 2.47. The number of hydrogen-bond acceptors (Lipinski definition) is 0. The second-order valence-corrected chi connectivity index (χ2v) is 13.0. The summed E-state index contributed by atoms with van der Waals surface area (Å²) in [6, 6.07) is 70.4. The van der Waals surface area contributed by atoms with Crippen LogP contribution in [0.1, 0.15) is 0 Å². The zero-order valence-corrected chi connectivity index (χ0v) is 27.4. The van der Waals surface area contributed by atoms with E-state index in [0.29, 0.717) is 0 Å². The molecule has 0 saturated heterocycles. The minimum absolute atomic E-state index is 1.15. The Bertz CT molecular complexity index is 2820. The summed E-state index contributed by atoms with van der Waals surface area (Å²) in [6.07, 6.45) is 0. The van der Waals surface area contributed by atoms with Crippen LogP contribution in [0.3, 0.4) is 0 Å². The number of rotatable bonds is 5. The second kappa shape index (κ2) is 11.5. The fraction of sp³-hybridized carbons (Fsp3) is 0. The first-order valence-electron chi connectivity index (χ1n) is 17.2. The minimum Gasteiger partial charge on any atom is -0.309 e. The molecule has 0 N–H and O–H groups in total. The Morgan fingerprint density at radius 3 is 1.34 bits per heavy atom. The number of fused-ring (bicyclic) bond motifs is 6. The first kappa shape index (κ1) is 28.4. The molecule has 0 spiro atoms. The van der Waals surface area contributed by atoms with E-state index in [2.05, 4.69) is 203 Å². The van der Waals surface area contributed by atoms with Gasteiger partial charge >= 0.3 is 0 Å². The molecule has 0 radical (unpaired) electrons. The molecule has 50 heavy (non-hydrogen) atoms. The van der Waals surface area contributed by atoms with Gasteiger partial charge in [0.25, 0.3) is 0 Å². The van der Waals surface area contributed by atoms with Gasteiger partial charge in [-0.1, -0.05) is 146 Å². The molecule has 0 unspecified atom stereocenters. The lowest BCUT2D eigenvalue weighted by atomic mass is 9.97. The number of para-hydroxylation sites is 2. The third kappa shape index (κ3) is 4.50. The second-order valence-electron chi connectivity index (χ2n) is 13.0. The van der Waals surface area contributed by atoms with Crippen molar-refractivity contribution in [3.8, 4) is 44.8 Å². The first-order chi connectivity index (χ1) is 24.8. The number of hydrogen-bond donors (Lipinski definition) is 0. The summed E-state index contributed by atoms with van der Waals surface area (Å²) in [5.41, 5.74) is 14.3. The summed E-state index contributed by atoms with van der Waals surface area (Å²) < 4.78 is 4.90. The molecule has 0 aliphatic carbocycles. The zero-order valence-electron chi connectivity index (χ0n) is 27.4. The standard InChI is InChI=1S/C48H32N2/c1-4-14-33(15-5-1)35-24-27-38(28-25-35)49-44-22-12-10-20-39(44)42-31-43-40-21-11-13-23-45(40)50(48(43)32-47(42)49)46-29-26-37(34-16-6-2-7-17-34)30-41(46)36-18-8-3-9-19-36/h1-32H. The highest BCUT2D eigenvalue weighted by atomic mass is 15.0. The first-order valence-corrected chi connectivity index (χ1v) is 17.2. The van der Waals surface area contributed by atoms with Crippen LogP contribution in [0, 0.1) is 0 Å². The summed E-state index contributed by atoms with van der Waals surface area (Å²) in [7, 11) is 0. The van der Waals surface area contributed by atoms with Crippen LogP contribution in [-0.4, -0.2) is 9.13 Å². The molecular formula is C48H32N2. The van der Waals surface area contributed by atoms with Gasteiger partial charge < -0.3 is 9.13 Å². The Labute approximate surface area is 290 Å². The summed E-state index contributed by atoms with van der Waals surface area (Å²) in [6.45, 7) is 0. The maximum absolute atomic E-state index is 2.47. The maximum Gasteiger partial charge on any atom is 0.0562 e. The third-order valence-electron chi connectivity index (χ3n) is 10.1. The van der Waals surface area contributed by atoms with Crippen LogP contribution in [0.25, 0.3) is 88.4 Å². The van der Waals surface area contributed by atoms with Crippen molar-refractivity contribution in [3.63, 3.8) is 0 Å². The van der Waals surface area contributed by atoms with Crippen LogP contribution in [-0.2, 0) is 0 Å². The molecule has 8 aromatic carbocycles. The van der Waals surface area contributed by atoms with Gasteiger partial charge in [0.2, 0.25) is 0 Å². The highest BCUT2D eigenvalue weighted by Gasteiger charge is 2.20. The SMILES string of the molecule is c1ccc(-c2ccc(-n3c4ccccc4c4cc5c6ccccc6n(-c6ccc(-c7ccccc7)cc6-c6ccccc6)c5cc43)cc2)cc1. The lowest BCUT2D eigenvalue weighted by molar-refractivity contribution is 1.17. The summed E-state index contributed by atoms with van der Waals surface area (Å²) in [5.74, 6) is 0.